The topological polar surface area (TPSA) is 101 Å². The van der Waals surface area contributed by atoms with Crippen molar-refractivity contribution in [3.8, 4) is 0 Å². The van der Waals surface area contributed by atoms with Gasteiger partial charge in [-0.2, -0.15) is 4.31 Å². The van der Waals surface area contributed by atoms with Crippen LogP contribution in [0.25, 0.3) is 10.9 Å². The van der Waals surface area contributed by atoms with E-state index in [1.165, 1.54) is 27.2 Å². The van der Waals surface area contributed by atoms with Crippen molar-refractivity contribution in [3.05, 3.63) is 65.2 Å². The van der Waals surface area contributed by atoms with Crippen LogP contribution in [-0.2, 0) is 21.4 Å². The molecule has 162 valence electrons. The number of hydrogen-bond acceptors (Lipinski definition) is 5. The predicted octanol–water partition coefficient (Wildman–Crippen LogP) is 2.60. The van der Waals surface area contributed by atoms with E-state index >= 15 is 0 Å². The minimum absolute atomic E-state index is 0.0526. The normalized spacial score (nSPS) is 17.5. The van der Waals surface area contributed by atoms with E-state index in [2.05, 4.69) is 10.3 Å². The van der Waals surface area contributed by atoms with Crippen LogP contribution in [-0.4, -0.2) is 40.8 Å². The van der Waals surface area contributed by atoms with Gasteiger partial charge in [0.05, 0.1) is 10.4 Å². The summed E-state index contributed by atoms with van der Waals surface area (Å²) in [4.78, 5) is 28.8. The molecule has 0 bridgehead atoms. The fourth-order valence-corrected chi connectivity index (χ4v) is 5.66. The molecule has 0 radical (unpaired) electrons. The summed E-state index contributed by atoms with van der Waals surface area (Å²) in [7, 11) is -3.65. The van der Waals surface area contributed by atoms with Gasteiger partial charge in [-0.1, -0.05) is 24.6 Å². The molecule has 1 aliphatic heterocycles. The van der Waals surface area contributed by atoms with Crippen molar-refractivity contribution >= 4 is 32.5 Å². The fraction of sp³-hybridized carbons (Fsp3) is 0.318. The molecule has 1 atom stereocenters. The van der Waals surface area contributed by atoms with Gasteiger partial charge in [0.15, 0.2) is 0 Å². The minimum atomic E-state index is -3.65. The van der Waals surface area contributed by atoms with Crippen molar-refractivity contribution in [2.45, 2.75) is 43.7 Å². The van der Waals surface area contributed by atoms with E-state index in [1.807, 2.05) is 13.0 Å². The second-order valence-electron chi connectivity index (χ2n) is 7.72. The smallest absolute Gasteiger partial charge is 0.325 e. The molecular formula is C22H24N4O4S. The molecule has 1 unspecified atom stereocenters. The summed E-state index contributed by atoms with van der Waals surface area (Å²) in [5.41, 5.74) is 0.502. The zero-order valence-electron chi connectivity index (χ0n) is 17.2. The van der Waals surface area contributed by atoms with Gasteiger partial charge in [0.2, 0.25) is 15.9 Å². The van der Waals surface area contributed by atoms with Crippen LogP contribution in [0.5, 0.6) is 0 Å². The van der Waals surface area contributed by atoms with Crippen LogP contribution in [0.1, 0.15) is 26.2 Å². The lowest BCUT2D eigenvalue weighted by molar-refractivity contribution is -0.116. The van der Waals surface area contributed by atoms with E-state index in [-0.39, 0.29) is 23.4 Å². The number of anilines is 1. The summed E-state index contributed by atoms with van der Waals surface area (Å²) < 4.78 is 29.1. The summed E-state index contributed by atoms with van der Waals surface area (Å²) in [5, 5.41) is 3.22. The van der Waals surface area contributed by atoms with Gasteiger partial charge < -0.3 is 5.32 Å². The van der Waals surface area contributed by atoms with Crippen LogP contribution in [0, 0.1) is 0 Å². The van der Waals surface area contributed by atoms with Crippen LogP contribution in [0.2, 0.25) is 0 Å². The quantitative estimate of drug-likeness (QED) is 0.657. The zero-order valence-corrected chi connectivity index (χ0v) is 18.0. The molecule has 1 aromatic heterocycles. The second-order valence-corrected chi connectivity index (χ2v) is 9.61. The number of sulfonamides is 1. The summed E-state index contributed by atoms with van der Waals surface area (Å²) in [6.45, 7) is 2.19. The first kappa shape index (κ1) is 21.2. The number of amides is 1. The first-order valence-corrected chi connectivity index (χ1v) is 11.7. The van der Waals surface area contributed by atoms with Crippen molar-refractivity contribution in [1.82, 2.24) is 13.9 Å². The highest BCUT2D eigenvalue weighted by Gasteiger charge is 2.31. The molecule has 1 N–H and O–H groups in total. The number of nitrogens with zero attached hydrogens (tertiary/aromatic N) is 3. The molecule has 0 aliphatic carbocycles. The number of benzene rings is 2. The molecule has 0 saturated carbocycles. The Morgan fingerprint density at radius 1 is 1.16 bits per heavy atom. The van der Waals surface area contributed by atoms with Gasteiger partial charge in [-0.15, -0.1) is 0 Å². The van der Waals surface area contributed by atoms with Crippen molar-refractivity contribution in [2.75, 3.05) is 11.9 Å². The third-order valence-electron chi connectivity index (χ3n) is 5.54. The Morgan fingerprint density at radius 2 is 1.94 bits per heavy atom. The molecule has 1 fully saturated rings. The molecule has 2 heterocycles. The molecule has 3 aromatic rings. The van der Waals surface area contributed by atoms with Gasteiger partial charge in [0.25, 0.3) is 0 Å². The predicted molar refractivity (Wildman–Crippen MR) is 118 cm³/mol. The Labute approximate surface area is 180 Å². The molecule has 8 nitrogen and oxygen atoms in total. The monoisotopic (exact) mass is 440 g/mol. The third-order valence-corrected chi connectivity index (χ3v) is 7.55. The van der Waals surface area contributed by atoms with Crippen molar-refractivity contribution in [1.29, 1.82) is 0 Å². The van der Waals surface area contributed by atoms with Crippen LogP contribution in [0.4, 0.5) is 5.69 Å². The highest BCUT2D eigenvalue weighted by Crippen LogP contribution is 2.27. The van der Waals surface area contributed by atoms with Crippen molar-refractivity contribution < 1.29 is 13.2 Å². The maximum Gasteiger partial charge on any atom is 0.348 e. The number of hydrogen-bond donors (Lipinski definition) is 1. The second kappa shape index (κ2) is 8.60. The van der Waals surface area contributed by atoms with Gasteiger partial charge in [0, 0.05) is 29.9 Å². The fourth-order valence-electron chi connectivity index (χ4n) is 3.92. The van der Waals surface area contributed by atoms with E-state index in [4.69, 9.17) is 0 Å². The zero-order chi connectivity index (χ0) is 22.0. The van der Waals surface area contributed by atoms with Crippen LogP contribution < -0.4 is 11.0 Å². The largest absolute Gasteiger partial charge is 0.348 e. The molecule has 2 aromatic carbocycles. The summed E-state index contributed by atoms with van der Waals surface area (Å²) >= 11 is 0. The Balaban J connectivity index is 1.65. The number of fused-ring (bicyclic) bond motifs is 1. The van der Waals surface area contributed by atoms with E-state index in [1.54, 1.807) is 30.3 Å². The van der Waals surface area contributed by atoms with Gasteiger partial charge in [-0.05, 0) is 50.1 Å². The summed E-state index contributed by atoms with van der Waals surface area (Å²) in [6, 6.07) is 13.5. The molecule has 31 heavy (non-hydrogen) atoms. The minimum Gasteiger partial charge on any atom is -0.325 e. The molecular weight excluding hydrogens is 416 g/mol. The average Bonchev–Trinajstić information content (AvgIpc) is 2.76. The van der Waals surface area contributed by atoms with Crippen molar-refractivity contribution in [3.63, 3.8) is 0 Å². The number of piperidine rings is 1. The number of rotatable bonds is 5. The van der Waals surface area contributed by atoms with Gasteiger partial charge in [0.1, 0.15) is 6.54 Å². The highest BCUT2D eigenvalue weighted by molar-refractivity contribution is 7.89. The maximum atomic E-state index is 13.1. The number of aromatic nitrogens is 2. The summed E-state index contributed by atoms with van der Waals surface area (Å²) in [5.74, 6) is -0.374. The van der Waals surface area contributed by atoms with Crippen LogP contribution in [0.3, 0.4) is 0 Å². The Kier molecular flexibility index (Phi) is 5.88. The maximum absolute atomic E-state index is 13.1. The number of para-hydroxylation sites is 1. The van der Waals surface area contributed by atoms with E-state index in [0.717, 1.165) is 19.3 Å². The first-order chi connectivity index (χ1) is 14.9. The lowest BCUT2D eigenvalue weighted by Crippen LogP contribution is -2.41. The summed E-state index contributed by atoms with van der Waals surface area (Å²) in [6.07, 6.45) is 4.05. The Bertz CT molecular complexity index is 1270. The Hall–Kier alpha value is -3.04. The third kappa shape index (κ3) is 4.38. The molecule has 1 amide bonds. The van der Waals surface area contributed by atoms with E-state index in [9.17, 15) is 18.0 Å². The first-order valence-electron chi connectivity index (χ1n) is 10.2. The SMILES string of the molecule is CC1CCCCN1S(=O)(=O)c1ccc2c(cnc(=O)n2CC(=O)Nc2ccccc2)c1. The van der Waals surface area contributed by atoms with Gasteiger partial charge >= 0.3 is 5.69 Å². The average molecular weight is 441 g/mol. The molecule has 0 spiro atoms. The number of carbonyl (C=O) groups excluding carboxylic acids is 1. The lowest BCUT2D eigenvalue weighted by atomic mass is 10.1. The van der Waals surface area contributed by atoms with E-state index in [0.29, 0.717) is 23.1 Å². The molecule has 4 rings (SSSR count). The number of carbonyl (C=O) groups is 1. The highest BCUT2D eigenvalue weighted by atomic mass is 32.2. The van der Waals surface area contributed by atoms with E-state index < -0.39 is 15.7 Å². The Morgan fingerprint density at radius 3 is 2.68 bits per heavy atom. The molecule has 1 aliphatic rings. The molecule has 9 heteroatoms. The molecule has 1 saturated heterocycles. The van der Waals surface area contributed by atoms with Crippen LogP contribution in [0.15, 0.2) is 64.4 Å². The van der Waals surface area contributed by atoms with Crippen LogP contribution >= 0.6 is 0 Å². The number of nitrogens with one attached hydrogen (secondary N) is 1. The lowest BCUT2D eigenvalue weighted by Gasteiger charge is -2.32. The van der Waals surface area contributed by atoms with Gasteiger partial charge in [-0.25, -0.2) is 18.2 Å². The standard InChI is InChI=1S/C22H24N4O4S/c1-16-7-5-6-12-26(16)31(29,30)19-10-11-20-17(13-19)14-23-22(28)25(20)15-21(27)24-18-8-3-2-4-9-18/h2-4,8-11,13-14,16H,5-7,12,15H2,1H3,(H,24,27). The van der Waals surface area contributed by atoms with Crippen molar-refractivity contribution in [2.24, 2.45) is 0 Å². The van der Waals surface area contributed by atoms with Gasteiger partial charge in [-0.3, -0.25) is 9.36 Å².